The standard InChI is InChI=1S/C15H14BrF4N3O3S/c1-8(15(18,19)20)22-27(25,26)10-6-13(23(2)7-10)14(24)21-9-3-4-12(17)11(16)5-9/h3-8,22H,1-2H3,(H,21,24)/t8-/m1/s1. The summed E-state index contributed by atoms with van der Waals surface area (Å²) >= 11 is 2.96. The van der Waals surface area contributed by atoms with E-state index in [4.69, 9.17) is 0 Å². The van der Waals surface area contributed by atoms with Gasteiger partial charge in [0.05, 0.1) is 4.47 Å². The zero-order valence-electron chi connectivity index (χ0n) is 13.9. The Bertz CT molecular complexity index is 973. The van der Waals surface area contributed by atoms with E-state index >= 15 is 0 Å². The molecule has 1 aromatic heterocycles. The summed E-state index contributed by atoms with van der Waals surface area (Å²) in [5.41, 5.74) is 0.123. The van der Waals surface area contributed by atoms with Crippen molar-refractivity contribution >= 4 is 37.5 Å². The molecule has 0 unspecified atom stereocenters. The molecule has 1 atom stereocenters. The van der Waals surface area contributed by atoms with E-state index in [-0.39, 0.29) is 15.9 Å². The molecular weight excluding hydrogens is 458 g/mol. The number of amides is 1. The van der Waals surface area contributed by atoms with Gasteiger partial charge in [-0.05, 0) is 47.1 Å². The van der Waals surface area contributed by atoms with Crippen LogP contribution in [0.4, 0.5) is 23.2 Å². The number of hydrogen-bond acceptors (Lipinski definition) is 3. The van der Waals surface area contributed by atoms with Crippen LogP contribution in [0.15, 0.2) is 39.8 Å². The highest BCUT2D eigenvalue weighted by molar-refractivity contribution is 9.10. The van der Waals surface area contributed by atoms with Crippen LogP contribution >= 0.6 is 15.9 Å². The quantitative estimate of drug-likeness (QED) is 0.655. The van der Waals surface area contributed by atoms with Crippen molar-refractivity contribution < 1.29 is 30.8 Å². The van der Waals surface area contributed by atoms with E-state index in [9.17, 15) is 30.8 Å². The molecule has 6 nitrogen and oxygen atoms in total. The van der Waals surface area contributed by atoms with Crippen LogP contribution in [0.3, 0.4) is 0 Å². The summed E-state index contributed by atoms with van der Waals surface area (Å²) < 4.78 is 78.0. The van der Waals surface area contributed by atoms with E-state index in [0.717, 1.165) is 22.9 Å². The Kier molecular flexibility index (Phi) is 6.02. The molecule has 12 heteroatoms. The fraction of sp³-hybridized carbons (Fsp3) is 0.267. The molecule has 2 N–H and O–H groups in total. The van der Waals surface area contributed by atoms with Crippen molar-refractivity contribution in [2.24, 2.45) is 7.05 Å². The fourth-order valence-electron chi connectivity index (χ4n) is 2.04. The molecule has 0 radical (unpaired) electrons. The lowest BCUT2D eigenvalue weighted by Gasteiger charge is -2.16. The first-order chi connectivity index (χ1) is 12.3. The number of nitrogens with one attached hydrogen (secondary N) is 2. The Morgan fingerprint density at radius 1 is 1.26 bits per heavy atom. The van der Waals surface area contributed by atoms with E-state index in [1.165, 1.54) is 23.9 Å². The molecule has 2 aromatic rings. The van der Waals surface area contributed by atoms with Gasteiger partial charge in [-0.3, -0.25) is 4.79 Å². The van der Waals surface area contributed by atoms with Gasteiger partial charge in [0.2, 0.25) is 10.0 Å². The van der Waals surface area contributed by atoms with Crippen LogP contribution in [-0.4, -0.2) is 31.1 Å². The predicted octanol–water partition coefficient (Wildman–Crippen LogP) is 3.41. The predicted molar refractivity (Wildman–Crippen MR) is 93.3 cm³/mol. The van der Waals surface area contributed by atoms with E-state index in [1.807, 2.05) is 0 Å². The maximum absolute atomic E-state index is 13.2. The lowest BCUT2D eigenvalue weighted by atomic mass is 10.3. The molecule has 0 bridgehead atoms. The number of carbonyl (C=O) groups excluding carboxylic acids is 1. The summed E-state index contributed by atoms with van der Waals surface area (Å²) in [6.07, 6.45) is -3.74. The largest absolute Gasteiger partial charge is 0.404 e. The van der Waals surface area contributed by atoms with Crippen LogP contribution in [0.2, 0.25) is 0 Å². The number of aromatic nitrogens is 1. The Labute approximate surface area is 160 Å². The molecular formula is C15H14BrF4N3O3S. The second-order valence-electron chi connectivity index (χ2n) is 5.64. The SMILES string of the molecule is C[C@@H](NS(=O)(=O)c1cc(C(=O)Nc2ccc(F)c(Br)c2)n(C)c1)C(F)(F)F. The number of anilines is 1. The van der Waals surface area contributed by atoms with E-state index in [0.29, 0.717) is 6.92 Å². The summed E-state index contributed by atoms with van der Waals surface area (Å²) in [6.45, 7) is 0.667. The molecule has 148 valence electrons. The Balaban J connectivity index is 2.24. The summed E-state index contributed by atoms with van der Waals surface area (Å²) in [7, 11) is -3.13. The number of hydrogen-bond donors (Lipinski definition) is 2. The Morgan fingerprint density at radius 2 is 1.89 bits per heavy atom. The van der Waals surface area contributed by atoms with E-state index < -0.39 is 38.9 Å². The van der Waals surface area contributed by atoms with Crippen molar-refractivity contribution in [3.05, 3.63) is 46.4 Å². The minimum absolute atomic E-state index is 0.112. The average molecular weight is 472 g/mol. The molecule has 0 aliphatic heterocycles. The summed E-state index contributed by atoms with van der Waals surface area (Å²) in [5.74, 6) is -1.26. The van der Waals surface area contributed by atoms with Crippen molar-refractivity contribution in [3.63, 3.8) is 0 Å². The van der Waals surface area contributed by atoms with Crippen molar-refractivity contribution in [2.75, 3.05) is 5.32 Å². The molecule has 0 aliphatic rings. The first kappa shape index (κ1) is 21.4. The van der Waals surface area contributed by atoms with Gasteiger partial charge in [0.25, 0.3) is 5.91 Å². The van der Waals surface area contributed by atoms with Crippen molar-refractivity contribution in [3.8, 4) is 0 Å². The Hall–Kier alpha value is -1.92. The van der Waals surface area contributed by atoms with Crippen LogP contribution in [0, 0.1) is 5.82 Å². The van der Waals surface area contributed by atoms with Crippen molar-refractivity contribution in [2.45, 2.75) is 24.0 Å². The van der Waals surface area contributed by atoms with Gasteiger partial charge < -0.3 is 9.88 Å². The van der Waals surface area contributed by atoms with Crippen LogP contribution in [0.25, 0.3) is 0 Å². The molecule has 1 aromatic carbocycles. The maximum Gasteiger partial charge on any atom is 0.404 e. The highest BCUT2D eigenvalue weighted by Gasteiger charge is 2.39. The highest BCUT2D eigenvalue weighted by atomic mass is 79.9. The molecule has 0 spiro atoms. The molecule has 0 aliphatic carbocycles. The third-order valence-electron chi connectivity index (χ3n) is 3.52. The van der Waals surface area contributed by atoms with Crippen LogP contribution in [0.5, 0.6) is 0 Å². The van der Waals surface area contributed by atoms with Crippen molar-refractivity contribution in [1.29, 1.82) is 0 Å². The summed E-state index contributed by atoms with van der Waals surface area (Å²) in [6, 6.07) is 2.37. The first-order valence-electron chi connectivity index (χ1n) is 7.33. The normalized spacial score (nSPS) is 13.4. The van der Waals surface area contributed by atoms with E-state index in [2.05, 4.69) is 21.2 Å². The molecule has 0 saturated carbocycles. The number of alkyl halides is 3. The van der Waals surface area contributed by atoms with Gasteiger partial charge in [-0.25, -0.2) is 12.8 Å². The van der Waals surface area contributed by atoms with Crippen LogP contribution < -0.4 is 10.0 Å². The van der Waals surface area contributed by atoms with Gasteiger partial charge >= 0.3 is 6.18 Å². The molecule has 0 saturated heterocycles. The number of benzene rings is 1. The number of halogens is 5. The third kappa shape index (κ3) is 5.08. The molecule has 1 amide bonds. The first-order valence-corrected chi connectivity index (χ1v) is 9.60. The average Bonchev–Trinajstić information content (AvgIpc) is 2.92. The van der Waals surface area contributed by atoms with Gasteiger partial charge in [-0.1, -0.05) is 0 Å². The zero-order valence-corrected chi connectivity index (χ0v) is 16.3. The molecule has 1 heterocycles. The van der Waals surface area contributed by atoms with Crippen molar-refractivity contribution in [1.82, 2.24) is 9.29 Å². The monoisotopic (exact) mass is 471 g/mol. The second-order valence-corrected chi connectivity index (χ2v) is 8.21. The molecule has 2 rings (SSSR count). The summed E-state index contributed by atoms with van der Waals surface area (Å²) in [5, 5.41) is 2.45. The fourth-order valence-corrected chi connectivity index (χ4v) is 3.72. The lowest BCUT2D eigenvalue weighted by Crippen LogP contribution is -2.42. The number of aryl methyl sites for hydroxylation is 1. The van der Waals surface area contributed by atoms with Gasteiger partial charge in [0.1, 0.15) is 22.4 Å². The Morgan fingerprint density at radius 3 is 2.44 bits per heavy atom. The van der Waals surface area contributed by atoms with Gasteiger partial charge in [-0.2, -0.15) is 17.9 Å². The van der Waals surface area contributed by atoms with Gasteiger partial charge in [0, 0.05) is 18.9 Å². The number of carbonyl (C=O) groups is 1. The number of rotatable bonds is 5. The van der Waals surface area contributed by atoms with E-state index in [1.54, 1.807) is 0 Å². The lowest BCUT2D eigenvalue weighted by molar-refractivity contribution is -0.147. The van der Waals surface area contributed by atoms with Gasteiger partial charge in [-0.15, -0.1) is 0 Å². The molecule has 0 fully saturated rings. The number of sulfonamides is 1. The minimum atomic E-state index is -4.75. The summed E-state index contributed by atoms with van der Waals surface area (Å²) in [4.78, 5) is 11.8. The smallest absolute Gasteiger partial charge is 0.345 e. The van der Waals surface area contributed by atoms with Crippen LogP contribution in [0.1, 0.15) is 17.4 Å². The number of nitrogens with zero attached hydrogens (tertiary/aromatic N) is 1. The zero-order chi connectivity index (χ0) is 20.6. The third-order valence-corrected chi connectivity index (χ3v) is 5.64. The van der Waals surface area contributed by atoms with Crippen LogP contribution in [-0.2, 0) is 17.1 Å². The minimum Gasteiger partial charge on any atom is -0.345 e. The second kappa shape index (κ2) is 7.60. The van der Waals surface area contributed by atoms with Gasteiger partial charge in [0.15, 0.2) is 0 Å². The molecule has 27 heavy (non-hydrogen) atoms. The maximum atomic E-state index is 13.2. The highest BCUT2D eigenvalue weighted by Crippen LogP contribution is 2.23. The topological polar surface area (TPSA) is 80.2 Å².